The second-order valence-corrected chi connectivity index (χ2v) is 5.42. The summed E-state index contributed by atoms with van der Waals surface area (Å²) in [7, 11) is 3.75. The highest BCUT2D eigenvalue weighted by molar-refractivity contribution is 6.31. The Hall–Kier alpha value is -1.59. The molecule has 1 saturated heterocycles. The molecule has 0 spiro atoms. The van der Waals surface area contributed by atoms with E-state index < -0.39 is 0 Å². The molecule has 1 aromatic carbocycles. The zero-order valence-corrected chi connectivity index (χ0v) is 12.4. The van der Waals surface area contributed by atoms with Crippen LogP contribution in [0.5, 0.6) is 5.88 Å². The van der Waals surface area contributed by atoms with Crippen molar-refractivity contribution in [1.82, 2.24) is 14.9 Å². The molecule has 5 nitrogen and oxygen atoms in total. The molecule has 3 rings (SSSR count). The monoisotopic (exact) mass is 292 g/mol. The number of hydrogen-bond donors (Lipinski definition) is 0. The Morgan fingerprint density at radius 1 is 1.10 bits per heavy atom. The minimum Gasteiger partial charge on any atom is -0.478 e. The normalized spacial score (nSPS) is 16.6. The predicted molar refractivity (Wildman–Crippen MR) is 80.8 cm³/mol. The summed E-state index contributed by atoms with van der Waals surface area (Å²) in [6.45, 7) is 3.90. The highest BCUT2D eigenvalue weighted by atomic mass is 35.5. The number of rotatable bonds is 2. The van der Waals surface area contributed by atoms with Crippen molar-refractivity contribution >= 4 is 28.5 Å². The molecule has 0 aliphatic carbocycles. The molecule has 1 aromatic heterocycles. The van der Waals surface area contributed by atoms with E-state index in [4.69, 9.17) is 21.3 Å². The van der Waals surface area contributed by atoms with E-state index in [1.807, 2.05) is 12.1 Å². The number of piperazine rings is 1. The highest BCUT2D eigenvalue weighted by Gasteiger charge is 2.20. The second-order valence-electron chi connectivity index (χ2n) is 4.98. The van der Waals surface area contributed by atoms with Crippen molar-refractivity contribution in [3.8, 4) is 5.88 Å². The van der Waals surface area contributed by atoms with E-state index in [-0.39, 0.29) is 0 Å². The van der Waals surface area contributed by atoms with E-state index >= 15 is 0 Å². The number of fused-ring (bicyclic) bond motifs is 1. The average Bonchev–Trinajstić information content (AvgIpc) is 2.46. The number of hydrogen-bond acceptors (Lipinski definition) is 5. The van der Waals surface area contributed by atoms with Gasteiger partial charge in [0.1, 0.15) is 0 Å². The summed E-state index contributed by atoms with van der Waals surface area (Å²) >= 11 is 5.99. The minimum atomic E-state index is 0.560. The van der Waals surface area contributed by atoms with Crippen LogP contribution in [0.3, 0.4) is 0 Å². The number of likely N-dealkylation sites (N-methyl/N-ethyl adjacent to an activating group) is 1. The van der Waals surface area contributed by atoms with Crippen LogP contribution in [0.25, 0.3) is 11.0 Å². The molecule has 0 radical (unpaired) electrons. The number of nitrogens with zero attached hydrogens (tertiary/aromatic N) is 4. The van der Waals surface area contributed by atoms with Crippen LogP contribution in [-0.2, 0) is 0 Å². The Bertz CT molecular complexity index is 626. The maximum atomic E-state index is 5.99. The molecule has 0 unspecified atom stereocenters. The van der Waals surface area contributed by atoms with Crippen LogP contribution in [0, 0.1) is 0 Å². The molecular weight excluding hydrogens is 276 g/mol. The van der Waals surface area contributed by atoms with E-state index in [0.717, 1.165) is 43.0 Å². The number of aromatic nitrogens is 2. The molecule has 6 heteroatoms. The lowest BCUT2D eigenvalue weighted by Crippen LogP contribution is -2.45. The summed E-state index contributed by atoms with van der Waals surface area (Å²) < 4.78 is 5.40. The summed E-state index contributed by atoms with van der Waals surface area (Å²) in [6.07, 6.45) is 0. The summed E-state index contributed by atoms with van der Waals surface area (Å²) in [5.41, 5.74) is 1.59. The maximum absolute atomic E-state index is 5.99. The van der Waals surface area contributed by atoms with Gasteiger partial charge in [-0.25, -0.2) is 9.97 Å². The van der Waals surface area contributed by atoms with Crippen molar-refractivity contribution in [2.24, 2.45) is 0 Å². The molecule has 0 saturated carbocycles. The lowest BCUT2D eigenvalue weighted by molar-refractivity contribution is 0.309. The molecule has 0 amide bonds. The van der Waals surface area contributed by atoms with E-state index in [1.54, 1.807) is 13.2 Å². The molecular formula is C14H17ClN4O. The summed E-state index contributed by atoms with van der Waals surface area (Å²) in [5, 5.41) is 0.654. The molecule has 0 bridgehead atoms. The fourth-order valence-electron chi connectivity index (χ4n) is 2.36. The van der Waals surface area contributed by atoms with Crippen LogP contribution in [0.2, 0.25) is 5.02 Å². The van der Waals surface area contributed by atoms with Gasteiger partial charge in [0.05, 0.1) is 18.1 Å². The lowest BCUT2D eigenvalue weighted by Gasteiger charge is -2.33. The molecule has 0 atom stereocenters. The van der Waals surface area contributed by atoms with Crippen LogP contribution in [0.15, 0.2) is 18.2 Å². The first-order valence-electron chi connectivity index (χ1n) is 6.62. The standard InChI is InChI=1S/C14H17ClN4O/c1-18-5-7-19(8-6-18)13-14(20-2)17-12-9-10(15)3-4-11(12)16-13/h3-4,9H,5-8H2,1-2H3. The van der Waals surface area contributed by atoms with Crippen LogP contribution in [0.1, 0.15) is 0 Å². The van der Waals surface area contributed by atoms with Crippen molar-refractivity contribution < 1.29 is 4.74 Å². The smallest absolute Gasteiger partial charge is 0.257 e. The van der Waals surface area contributed by atoms with E-state index in [1.165, 1.54) is 0 Å². The number of ether oxygens (including phenoxy) is 1. The minimum absolute atomic E-state index is 0.560. The number of methoxy groups -OCH3 is 1. The highest BCUT2D eigenvalue weighted by Crippen LogP contribution is 2.28. The molecule has 1 aliphatic heterocycles. The van der Waals surface area contributed by atoms with Gasteiger partial charge in [0.15, 0.2) is 5.82 Å². The third-order valence-corrected chi connectivity index (χ3v) is 3.81. The van der Waals surface area contributed by atoms with Crippen LogP contribution < -0.4 is 9.64 Å². The molecule has 1 aliphatic rings. The second kappa shape index (κ2) is 5.42. The summed E-state index contributed by atoms with van der Waals surface area (Å²) in [5.74, 6) is 1.37. The number of halogens is 1. The summed E-state index contributed by atoms with van der Waals surface area (Å²) in [6, 6.07) is 5.53. The molecule has 106 valence electrons. The third-order valence-electron chi connectivity index (χ3n) is 3.57. The predicted octanol–water partition coefficient (Wildman–Crippen LogP) is 2.04. The topological polar surface area (TPSA) is 41.5 Å². The van der Waals surface area contributed by atoms with Crippen LogP contribution in [-0.4, -0.2) is 55.2 Å². The fraction of sp³-hybridized carbons (Fsp3) is 0.429. The van der Waals surface area contributed by atoms with Gasteiger partial charge in [-0.05, 0) is 25.2 Å². The van der Waals surface area contributed by atoms with Gasteiger partial charge in [0, 0.05) is 31.2 Å². The van der Waals surface area contributed by atoms with E-state index in [9.17, 15) is 0 Å². The van der Waals surface area contributed by atoms with Gasteiger partial charge in [0.25, 0.3) is 5.88 Å². The Morgan fingerprint density at radius 2 is 1.85 bits per heavy atom. The maximum Gasteiger partial charge on any atom is 0.257 e. The molecule has 2 aromatic rings. The quantitative estimate of drug-likeness (QED) is 0.847. The van der Waals surface area contributed by atoms with Crippen molar-refractivity contribution in [1.29, 1.82) is 0 Å². The Balaban J connectivity index is 2.03. The first-order chi connectivity index (χ1) is 9.67. The SMILES string of the molecule is COc1nc2cc(Cl)ccc2nc1N1CCN(C)CC1. The molecule has 20 heavy (non-hydrogen) atoms. The fourth-order valence-corrected chi connectivity index (χ4v) is 2.53. The number of anilines is 1. The zero-order chi connectivity index (χ0) is 14.1. The van der Waals surface area contributed by atoms with Crippen LogP contribution in [0.4, 0.5) is 5.82 Å². The van der Waals surface area contributed by atoms with Crippen molar-refractivity contribution in [3.05, 3.63) is 23.2 Å². The van der Waals surface area contributed by atoms with Crippen LogP contribution >= 0.6 is 11.6 Å². The first-order valence-corrected chi connectivity index (χ1v) is 7.00. The van der Waals surface area contributed by atoms with Gasteiger partial charge in [-0.15, -0.1) is 0 Å². The lowest BCUT2D eigenvalue weighted by atomic mass is 10.3. The molecule has 1 fully saturated rings. The van der Waals surface area contributed by atoms with Gasteiger partial charge in [-0.3, -0.25) is 0 Å². The van der Waals surface area contributed by atoms with Crippen molar-refractivity contribution in [2.45, 2.75) is 0 Å². The van der Waals surface area contributed by atoms with Gasteiger partial charge in [-0.2, -0.15) is 0 Å². The molecule has 2 heterocycles. The van der Waals surface area contributed by atoms with Gasteiger partial charge in [0.2, 0.25) is 0 Å². The third kappa shape index (κ3) is 2.51. The summed E-state index contributed by atoms with van der Waals surface area (Å²) in [4.78, 5) is 13.7. The number of benzene rings is 1. The van der Waals surface area contributed by atoms with Crippen molar-refractivity contribution in [2.75, 3.05) is 45.2 Å². The molecule has 0 N–H and O–H groups in total. The van der Waals surface area contributed by atoms with Gasteiger partial charge >= 0.3 is 0 Å². The average molecular weight is 293 g/mol. The van der Waals surface area contributed by atoms with Gasteiger partial charge < -0.3 is 14.5 Å². The Kier molecular flexibility index (Phi) is 3.63. The van der Waals surface area contributed by atoms with E-state index in [0.29, 0.717) is 10.9 Å². The van der Waals surface area contributed by atoms with E-state index in [2.05, 4.69) is 21.8 Å². The van der Waals surface area contributed by atoms with Gasteiger partial charge in [-0.1, -0.05) is 11.6 Å². The zero-order valence-electron chi connectivity index (χ0n) is 11.6. The first kappa shape index (κ1) is 13.4. The largest absolute Gasteiger partial charge is 0.478 e. The Labute approximate surface area is 123 Å². The Morgan fingerprint density at radius 3 is 2.55 bits per heavy atom. The van der Waals surface area contributed by atoms with Crippen molar-refractivity contribution in [3.63, 3.8) is 0 Å².